The smallest absolute Gasteiger partial charge is 0.328 e. The van der Waals surface area contributed by atoms with Gasteiger partial charge in [0.2, 0.25) is 0 Å². The zero-order chi connectivity index (χ0) is 15.7. The van der Waals surface area contributed by atoms with E-state index in [2.05, 4.69) is 4.98 Å². The van der Waals surface area contributed by atoms with Crippen molar-refractivity contribution in [3.05, 3.63) is 26.9 Å². The van der Waals surface area contributed by atoms with Crippen LogP contribution in [-0.2, 0) is 4.74 Å². The number of aliphatic hydroxyl groups excluding tert-OH is 4. The van der Waals surface area contributed by atoms with Gasteiger partial charge < -0.3 is 25.2 Å². The van der Waals surface area contributed by atoms with Crippen molar-refractivity contribution in [2.45, 2.75) is 44.0 Å². The number of aliphatic hydroxyl groups is 4. The Hall–Kier alpha value is -1.10. The zero-order valence-electron chi connectivity index (χ0n) is 11.3. The quantitative estimate of drug-likeness (QED) is 0.423. The highest BCUT2D eigenvalue weighted by atomic mass is 32.1. The lowest BCUT2D eigenvalue weighted by Crippen LogP contribution is -2.44. The predicted molar refractivity (Wildman–Crippen MR) is 74.3 cm³/mol. The topological polar surface area (TPSA) is 128 Å². The van der Waals surface area contributed by atoms with Gasteiger partial charge in [0.1, 0.15) is 29.2 Å². The highest BCUT2D eigenvalue weighted by Crippen LogP contribution is 2.26. The monoisotopic (exact) mass is 318 g/mol. The first-order chi connectivity index (χ1) is 9.85. The molecule has 0 bridgehead atoms. The molecular weight excluding hydrogens is 300 g/mol. The third kappa shape index (κ3) is 3.23. The number of hydrogen-bond acceptors (Lipinski definition) is 7. The molecule has 2 heterocycles. The van der Waals surface area contributed by atoms with Gasteiger partial charge >= 0.3 is 5.69 Å². The molecule has 2 rings (SSSR count). The van der Waals surface area contributed by atoms with Gasteiger partial charge in [0.05, 0.1) is 12.7 Å². The first-order valence-electron chi connectivity index (χ1n) is 6.47. The summed E-state index contributed by atoms with van der Waals surface area (Å²) in [6.45, 7) is 1.15. The molecule has 21 heavy (non-hydrogen) atoms. The molecule has 1 aromatic heterocycles. The molecule has 0 radical (unpaired) electrons. The Morgan fingerprint density at radius 2 is 2.10 bits per heavy atom. The molecule has 1 aliphatic heterocycles. The number of rotatable bonds is 2. The molecule has 1 unspecified atom stereocenters. The van der Waals surface area contributed by atoms with Crippen LogP contribution in [0.1, 0.15) is 18.2 Å². The van der Waals surface area contributed by atoms with Crippen molar-refractivity contribution in [2.24, 2.45) is 0 Å². The summed E-state index contributed by atoms with van der Waals surface area (Å²) < 4.78 is 6.94. The van der Waals surface area contributed by atoms with Gasteiger partial charge in [-0.25, -0.2) is 4.79 Å². The maximum atomic E-state index is 12.0. The summed E-state index contributed by atoms with van der Waals surface area (Å²) in [4.78, 5) is 14.4. The van der Waals surface area contributed by atoms with E-state index < -0.39 is 42.9 Å². The number of nitrogens with zero attached hydrogens (tertiary/aromatic N) is 1. The van der Waals surface area contributed by atoms with Crippen LogP contribution in [0.25, 0.3) is 0 Å². The number of nitrogens with one attached hydrogen (secondary N) is 1. The zero-order valence-corrected chi connectivity index (χ0v) is 12.2. The first kappa shape index (κ1) is 16.3. The number of H-pyrrole nitrogens is 1. The molecule has 118 valence electrons. The van der Waals surface area contributed by atoms with Gasteiger partial charge in [0, 0.05) is 18.2 Å². The normalized spacial score (nSPS) is 33.7. The van der Waals surface area contributed by atoms with E-state index >= 15 is 0 Å². The Labute approximate surface area is 125 Å². The fraction of sp³-hybridized carbons (Fsp3) is 0.667. The summed E-state index contributed by atoms with van der Waals surface area (Å²) in [5.74, 6) is 0. The maximum absolute atomic E-state index is 12.0. The third-order valence-corrected chi connectivity index (χ3v) is 3.96. The molecule has 5 N–H and O–H groups in total. The lowest BCUT2D eigenvalue weighted by Gasteiger charge is -2.24. The van der Waals surface area contributed by atoms with Crippen LogP contribution >= 0.6 is 12.2 Å². The Bertz CT molecular complexity index is 615. The number of hydrogen-bond donors (Lipinski definition) is 5. The molecule has 0 aromatic carbocycles. The van der Waals surface area contributed by atoms with Crippen LogP contribution in [0.15, 0.2) is 11.0 Å². The molecule has 1 saturated heterocycles. The van der Waals surface area contributed by atoms with Gasteiger partial charge in [0.25, 0.3) is 0 Å². The van der Waals surface area contributed by atoms with Gasteiger partial charge in [-0.05, 0) is 6.92 Å². The third-order valence-electron chi connectivity index (χ3n) is 3.54. The van der Waals surface area contributed by atoms with E-state index in [1.807, 2.05) is 0 Å². The van der Waals surface area contributed by atoms with Crippen molar-refractivity contribution >= 4 is 12.2 Å². The fourth-order valence-electron chi connectivity index (χ4n) is 2.26. The minimum atomic E-state index is -1.47. The largest absolute Gasteiger partial charge is 0.394 e. The summed E-state index contributed by atoms with van der Waals surface area (Å²) in [5, 5.41) is 38.7. The first-order valence-corrected chi connectivity index (χ1v) is 6.88. The summed E-state index contributed by atoms with van der Waals surface area (Å²) in [7, 11) is 0. The van der Waals surface area contributed by atoms with Crippen LogP contribution in [-0.4, -0.2) is 61.0 Å². The number of aromatic nitrogens is 2. The van der Waals surface area contributed by atoms with E-state index in [0.717, 1.165) is 0 Å². The molecule has 1 fully saturated rings. The van der Waals surface area contributed by atoms with E-state index in [1.165, 1.54) is 10.8 Å². The van der Waals surface area contributed by atoms with Crippen molar-refractivity contribution in [1.29, 1.82) is 0 Å². The standard InChI is InChI=1S/C12H18N2O6S/c1-5-3-14(12(19)13-11(5)21)8-2-6(16)9(17)10(18)7(4-15)20-8/h3,6-10,15-18H,2,4H2,1H3,(H,13,19,21)/t6-,7-,8?,9-,10-/m1/s1. The number of aryl methyl sites for hydroxylation is 1. The summed E-state index contributed by atoms with van der Waals surface area (Å²) in [6.07, 6.45) is -4.91. The number of ether oxygens (including phenoxy) is 1. The molecule has 8 nitrogen and oxygen atoms in total. The van der Waals surface area contributed by atoms with E-state index in [4.69, 9.17) is 17.0 Å². The lowest BCUT2D eigenvalue weighted by atomic mass is 10.0. The van der Waals surface area contributed by atoms with Crippen LogP contribution < -0.4 is 5.69 Å². The van der Waals surface area contributed by atoms with Crippen LogP contribution in [0.5, 0.6) is 0 Å². The average molecular weight is 318 g/mol. The molecule has 0 spiro atoms. The Balaban J connectivity index is 2.41. The van der Waals surface area contributed by atoms with Crippen molar-refractivity contribution in [3.63, 3.8) is 0 Å². The van der Waals surface area contributed by atoms with Gasteiger partial charge in [0.15, 0.2) is 0 Å². The molecule has 5 atom stereocenters. The van der Waals surface area contributed by atoms with Crippen molar-refractivity contribution < 1.29 is 25.2 Å². The maximum Gasteiger partial charge on any atom is 0.328 e. The van der Waals surface area contributed by atoms with Gasteiger partial charge in [-0.1, -0.05) is 12.2 Å². The molecular formula is C12H18N2O6S. The van der Waals surface area contributed by atoms with E-state index in [9.17, 15) is 25.2 Å². The van der Waals surface area contributed by atoms with Crippen LogP contribution in [0, 0.1) is 11.6 Å². The Morgan fingerprint density at radius 1 is 1.43 bits per heavy atom. The second-order valence-electron chi connectivity index (χ2n) is 5.07. The van der Waals surface area contributed by atoms with Gasteiger partial charge in [-0.15, -0.1) is 0 Å². The van der Waals surface area contributed by atoms with E-state index in [0.29, 0.717) is 10.2 Å². The predicted octanol–water partition coefficient (Wildman–Crippen LogP) is -1.42. The second-order valence-corrected chi connectivity index (χ2v) is 5.48. The Morgan fingerprint density at radius 3 is 2.71 bits per heavy atom. The second kappa shape index (κ2) is 6.34. The minimum absolute atomic E-state index is 0.112. The van der Waals surface area contributed by atoms with Crippen molar-refractivity contribution in [3.8, 4) is 0 Å². The minimum Gasteiger partial charge on any atom is -0.394 e. The Kier molecular flexibility index (Phi) is 4.91. The summed E-state index contributed by atoms with van der Waals surface area (Å²) in [5.41, 5.74) is 0.0963. The highest BCUT2D eigenvalue weighted by molar-refractivity contribution is 7.71. The summed E-state index contributed by atoms with van der Waals surface area (Å²) in [6, 6.07) is 0. The highest BCUT2D eigenvalue weighted by Gasteiger charge is 2.39. The molecule has 1 aromatic rings. The fourth-order valence-corrected chi connectivity index (χ4v) is 2.40. The van der Waals surface area contributed by atoms with Gasteiger partial charge in [-0.2, -0.15) is 0 Å². The van der Waals surface area contributed by atoms with Crippen LogP contribution in [0.3, 0.4) is 0 Å². The van der Waals surface area contributed by atoms with Gasteiger partial charge in [-0.3, -0.25) is 9.55 Å². The molecule has 0 aliphatic carbocycles. The molecule has 1 aliphatic rings. The molecule has 0 amide bonds. The van der Waals surface area contributed by atoms with Crippen LogP contribution in [0.2, 0.25) is 0 Å². The lowest BCUT2D eigenvalue weighted by molar-refractivity contribution is -0.132. The SMILES string of the molecule is Cc1cn(C2C[C@@H](O)[C@@H](O)[C@H](O)[C@@H](CO)O2)c(=O)[nH]c1=S. The average Bonchev–Trinajstić information content (AvgIpc) is 2.54. The van der Waals surface area contributed by atoms with E-state index in [-0.39, 0.29) is 6.42 Å². The van der Waals surface area contributed by atoms with Crippen molar-refractivity contribution in [1.82, 2.24) is 9.55 Å². The van der Waals surface area contributed by atoms with Crippen LogP contribution in [0.4, 0.5) is 0 Å². The molecule has 0 saturated carbocycles. The number of aromatic amines is 1. The van der Waals surface area contributed by atoms with E-state index in [1.54, 1.807) is 6.92 Å². The summed E-state index contributed by atoms with van der Waals surface area (Å²) >= 11 is 4.96. The van der Waals surface area contributed by atoms with Crippen molar-refractivity contribution in [2.75, 3.05) is 6.61 Å². The molecule has 9 heteroatoms.